The van der Waals surface area contributed by atoms with E-state index in [2.05, 4.69) is 4.98 Å². The molecule has 0 bridgehead atoms. The number of nitrogen functional groups attached to an aromatic ring is 3. The molecule has 1 aromatic heterocycles. The van der Waals surface area contributed by atoms with E-state index in [1.807, 2.05) is 0 Å². The standard InChI is InChI=1S/C5H8N4.3ClH/c6-3-1-4(7)5(8)9-2-3;;;/h1-2H,6-7H2,(H2,8,9);3*1H. The summed E-state index contributed by atoms with van der Waals surface area (Å²) < 4.78 is 0. The van der Waals surface area contributed by atoms with E-state index in [0.29, 0.717) is 17.2 Å². The third kappa shape index (κ3) is 4.33. The first-order valence-corrected chi connectivity index (χ1v) is 2.46. The van der Waals surface area contributed by atoms with Crippen molar-refractivity contribution in [2.75, 3.05) is 17.2 Å². The number of aromatic nitrogens is 1. The predicted octanol–water partition coefficient (Wildman–Crippen LogP) is 1.09. The minimum absolute atomic E-state index is 0. The van der Waals surface area contributed by atoms with E-state index in [1.54, 1.807) is 6.07 Å². The lowest BCUT2D eigenvalue weighted by Gasteiger charge is -1.97. The topological polar surface area (TPSA) is 90.9 Å². The summed E-state index contributed by atoms with van der Waals surface area (Å²) in [7, 11) is 0. The molecule has 0 aliphatic carbocycles. The highest BCUT2D eigenvalue weighted by molar-refractivity contribution is 5.86. The van der Waals surface area contributed by atoms with Crippen LogP contribution in [0.2, 0.25) is 0 Å². The van der Waals surface area contributed by atoms with Gasteiger partial charge in [0.1, 0.15) is 5.82 Å². The molecule has 0 aliphatic heterocycles. The lowest BCUT2D eigenvalue weighted by Crippen LogP contribution is -1.98. The van der Waals surface area contributed by atoms with Crippen molar-refractivity contribution in [3.63, 3.8) is 0 Å². The molecule has 0 amide bonds. The molecule has 7 heteroatoms. The quantitative estimate of drug-likeness (QED) is 0.626. The van der Waals surface area contributed by atoms with Crippen LogP contribution in [0.15, 0.2) is 12.3 Å². The zero-order valence-corrected chi connectivity index (χ0v) is 8.51. The Bertz CT molecular complexity index is 230. The van der Waals surface area contributed by atoms with Gasteiger partial charge >= 0.3 is 0 Å². The Morgan fingerprint density at radius 2 is 1.50 bits per heavy atom. The van der Waals surface area contributed by atoms with Crippen LogP contribution in [0.5, 0.6) is 0 Å². The fraction of sp³-hybridized carbons (Fsp3) is 0. The van der Waals surface area contributed by atoms with Crippen LogP contribution in [-0.2, 0) is 0 Å². The smallest absolute Gasteiger partial charge is 0.146 e. The van der Waals surface area contributed by atoms with Crippen molar-refractivity contribution >= 4 is 54.4 Å². The van der Waals surface area contributed by atoms with Crippen molar-refractivity contribution in [1.29, 1.82) is 0 Å². The van der Waals surface area contributed by atoms with Crippen LogP contribution in [-0.4, -0.2) is 4.98 Å². The highest BCUT2D eigenvalue weighted by atomic mass is 35.5. The minimum Gasteiger partial charge on any atom is -0.397 e. The first-order valence-electron chi connectivity index (χ1n) is 2.46. The number of pyridine rings is 1. The maximum atomic E-state index is 5.35. The number of nitrogens with zero attached hydrogens (tertiary/aromatic N) is 1. The summed E-state index contributed by atoms with van der Waals surface area (Å²) >= 11 is 0. The first kappa shape index (κ1) is 17.5. The number of hydrogen-bond acceptors (Lipinski definition) is 4. The molecule has 72 valence electrons. The minimum atomic E-state index is 0. The first-order chi connectivity index (χ1) is 4.20. The summed E-state index contributed by atoms with van der Waals surface area (Å²) in [6.45, 7) is 0. The molecule has 0 atom stereocenters. The average Bonchev–Trinajstić information content (AvgIpc) is 1.80. The van der Waals surface area contributed by atoms with Gasteiger partial charge in [-0.2, -0.15) is 0 Å². The molecular weight excluding hydrogens is 222 g/mol. The zero-order valence-electron chi connectivity index (χ0n) is 6.06. The molecule has 0 radical (unpaired) electrons. The van der Waals surface area contributed by atoms with Crippen molar-refractivity contribution < 1.29 is 0 Å². The fourth-order valence-electron chi connectivity index (χ4n) is 0.509. The van der Waals surface area contributed by atoms with E-state index in [9.17, 15) is 0 Å². The highest BCUT2D eigenvalue weighted by Crippen LogP contribution is 2.12. The normalized spacial score (nSPS) is 7.00. The van der Waals surface area contributed by atoms with E-state index in [1.165, 1.54) is 6.20 Å². The lowest BCUT2D eigenvalue weighted by atomic mass is 10.4. The van der Waals surface area contributed by atoms with Gasteiger partial charge in [0.05, 0.1) is 17.6 Å². The second kappa shape index (κ2) is 7.09. The SMILES string of the molecule is Cl.Cl.Cl.Nc1cnc(N)c(N)c1. The largest absolute Gasteiger partial charge is 0.397 e. The van der Waals surface area contributed by atoms with Gasteiger partial charge in [0.25, 0.3) is 0 Å². The summed E-state index contributed by atoms with van der Waals surface area (Å²) in [4.78, 5) is 3.71. The Labute approximate surface area is 89.1 Å². The Morgan fingerprint density at radius 1 is 1.00 bits per heavy atom. The molecule has 0 saturated carbocycles. The van der Waals surface area contributed by atoms with Crippen LogP contribution >= 0.6 is 37.2 Å². The van der Waals surface area contributed by atoms with E-state index < -0.39 is 0 Å². The van der Waals surface area contributed by atoms with E-state index in [0.717, 1.165) is 0 Å². The molecule has 4 nitrogen and oxygen atoms in total. The number of anilines is 3. The Kier molecular flexibility index (Phi) is 10.3. The highest BCUT2D eigenvalue weighted by Gasteiger charge is 1.92. The molecule has 1 rings (SSSR count). The van der Waals surface area contributed by atoms with Crippen molar-refractivity contribution in [2.24, 2.45) is 0 Å². The van der Waals surface area contributed by atoms with Crippen LogP contribution < -0.4 is 17.2 Å². The maximum absolute atomic E-state index is 5.35. The number of hydrogen-bond donors (Lipinski definition) is 3. The third-order valence-electron chi connectivity index (χ3n) is 0.971. The second-order valence-corrected chi connectivity index (χ2v) is 1.74. The Morgan fingerprint density at radius 3 is 1.83 bits per heavy atom. The average molecular weight is 234 g/mol. The fourth-order valence-corrected chi connectivity index (χ4v) is 0.509. The molecule has 6 N–H and O–H groups in total. The molecule has 0 aliphatic rings. The van der Waals surface area contributed by atoms with E-state index >= 15 is 0 Å². The molecule has 1 aromatic rings. The summed E-state index contributed by atoms with van der Waals surface area (Å²) in [5.41, 5.74) is 16.9. The van der Waals surface area contributed by atoms with Crippen molar-refractivity contribution in [2.45, 2.75) is 0 Å². The van der Waals surface area contributed by atoms with Crippen LogP contribution in [0.3, 0.4) is 0 Å². The molecular formula is C5H11Cl3N4. The monoisotopic (exact) mass is 232 g/mol. The van der Waals surface area contributed by atoms with Crippen molar-refractivity contribution in [3.8, 4) is 0 Å². The van der Waals surface area contributed by atoms with Crippen molar-refractivity contribution in [3.05, 3.63) is 12.3 Å². The summed E-state index contributed by atoms with van der Waals surface area (Å²) in [5.74, 6) is 0.323. The summed E-state index contributed by atoms with van der Waals surface area (Å²) in [6, 6.07) is 1.57. The zero-order chi connectivity index (χ0) is 6.85. The molecule has 0 spiro atoms. The second-order valence-electron chi connectivity index (χ2n) is 1.74. The van der Waals surface area contributed by atoms with Gasteiger partial charge in [0.2, 0.25) is 0 Å². The van der Waals surface area contributed by atoms with Gasteiger partial charge in [-0.3, -0.25) is 0 Å². The van der Waals surface area contributed by atoms with Crippen LogP contribution in [0.1, 0.15) is 0 Å². The Hall–Kier alpha value is -0.580. The lowest BCUT2D eigenvalue weighted by molar-refractivity contribution is 1.34. The van der Waals surface area contributed by atoms with Crippen LogP contribution in [0, 0.1) is 0 Å². The molecule has 1 heterocycles. The van der Waals surface area contributed by atoms with Gasteiger partial charge in [0.15, 0.2) is 0 Å². The van der Waals surface area contributed by atoms with Gasteiger partial charge in [-0.25, -0.2) is 4.98 Å². The van der Waals surface area contributed by atoms with Crippen LogP contribution in [0.25, 0.3) is 0 Å². The van der Waals surface area contributed by atoms with Gasteiger partial charge in [0, 0.05) is 0 Å². The molecule has 0 saturated heterocycles. The van der Waals surface area contributed by atoms with Gasteiger partial charge in [-0.05, 0) is 6.07 Å². The predicted molar refractivity (Wildman–Crippen MR) is 59.2 cm³/mol. The number of halogens is 3. The maximum Gasteiger partial charge on any atom is 0.146 e. The van der Waals surface area contributed by atoms with Gasteiger partial charge in [-0.1, -0.05) is 0 Å². The summed E-state index contributed by atoms with van der Waals surface area (Å²) in [5, 5.41) is 0. The number of nitrogens with two attached hydrogens (primary N) is 3. The Balaban J connectivity index is -0.000000270. The van der Waals surface area contributed by atoms with Crippen LogP contribution in [0.4, 0.5) is 17.2 Å². The number of rotatable bonds is 0. The van der Waals surface area contributed by atoms with Gasteiger partial charge in [-0.15, -0.1) is 37.2 Å². The van der Waals surface area contributed by atoms with Gasteiger partial charge < -0.3 is 17.2 Å². The molecule has 0 unspecified atom stereocenters. The third-order valence-corrected chi connectivity index (χ3v) is 0.971. The van der Waals surface area contributed by atoms with E-state index in [-0.39, 0.29) is 37.2 Å². The van der Waals surface area contributed by atoms with E-state index in [4.69, 9.17) is 17.2 Å². The van der Waals surface area contributed by atoms with Crippen molar-refractivity contribution in [1.82, 2.24) is 4.98 Å². The molecule has 0 aromatic carbocycles. The molecule has 12 heavy (non-hydrogen) atoms. The molecule has 0 fully saturated rings. The summed E-state index contributed by atoms with van der Waals surface area (Å²) in [6.07, 6.45) is 1.46.